The molecule has 1 aliphatic heterocycles. The highest BCUT2D eigenvalue weighted by molar-refractivity contribution is 5.79. The third-order valence-electron chi connectivity index (χ3n) is 2.96. The van der Waals surface area contributed by atoms with Gasteiger partial charge in [-0.05, 0) is 38.8 Å². The Morgan fingerprint density at radius 2 is 1.88 bits per heavy atom. The fourth-order valence-electron chi connectivity index (χ4n) is 2.00. The van der Waals surface area contributed by atoms with Crippen molar-refractivity contribution in [3.63, 3.8) is 0 Å². The zero-order valence-electron chi connectivity index (χ0n) is 9.87. The van der Waals surface area contributed by atoms with Crippen LogP contribution in [0.25, 0.3) is 0 Å². The largest absolute Gasteiger partial charge is 0.353 e. The molecule has 0 aromatic heterocycles. The van der Waals surface area contributed by atoms with Gasteiger partial charge in [0.05, 0.1) is 0 Å². The number of allylic oxidation sites excluding steroid dienone is 2. The van der Waals surface area contributed by atoms with Crippen molar-refractivity contribution >= 4 is 5.91 Å². The van der Waals surface area contributed by atoms with Crippen LogP contribution in [0.5, 0.6) is 0 Å². The maximum absolute atomic E-state index is 12.0. The summed E-state index contributed by atoms with van der Waals surface area (Å²) in [7, 11) is 0. The monoisotopic (exact) mass is 222 g/mol. The van der Waals surface area contributed by atoms with Crippen molar-refractivity contribution in [2.24, 2.45) is 5.92 Å². The first-order valence-electron chi connectivity index (χ1n) is 6.00. The van der Waals surface area contributed by atoms with E-state index in [0.717, 1.165) is 38.8 Å². The Balaban J connectivity index is 2.39. The maximum Gasteiger partial charge on any atom is 0.223 e. The topological polar surface area (TPSA) is 41.1 Å². The van der Waals surface area contributed by atoms with E-state index in [-0.39, 0.29) is 11.8 Å². The van der Waals surface area contributed by atoms with E-state index in [9.17, 15) is 4.79 Å². The number of piperidine rings is 1. The molecule has 16 heavy (non-hydrogen) atoms. The summed E-state index contributed by atoms with van der Waals surface area (Å²) in [6.07, 6.45) is 7.11. The number of carbonyl (C=O) groups excluding carboxylic acids is 1. The van der Waals surface area contributed by atoms with Crippen molar-refractivity contribution < 1.29 is 4.79 Å². The van der Waals surface area contributed by atoms with Crippen LogP contribution in [-0.2, 0) is 4.79 Å². The van der Waals surface area contributed by atoms with Gasteiger partial charge in [0, 0.05) is 12.0 Å². The first-order chi connectivity index (χ1) is 7.77. The highest BCUT2D eigenvalue weighted by atomic mass is 16.1. The van der Waals surface area contributed by atoms with E-state index in [2.05, 4.69) is 23.8 Å². The number of carbonyl (C=O) groups is 1. The second-order valence-electron chi connectivity index (χ2n) is 4.28. The molecule has 1 heterocycles. The van der Waals surface area contributed by atoms with Crippen LogP contribution in [-0.4, -0.2) is 25.0 Å². The Morgan fingerprint density at radius 1 is 1.31 bits per heavy atom. The van der Waals surface area contributed by atoms with E-state index >= 15 is 0 Å². The van der Waals surface area contributed by atoms with Gasteiger partial charge < -0.3 is 10.6 Å². The molecule has 0 atom stereocenters. The molecule has 0 spiro atoms. The van der Waals surface area contributed by atoms with E-state index in [4.69, 9.17) is 0 Å². The third kappa shape index (κ3) is 4.19. The Kier molecular flexibility index (Phi) is 5.86. The summed E-state index contributed by atoms with van der Waals surface area (Å²) in [5.41, 5.74) is 0. The lowest BCUT2D eigenvalue weighted by atomic mass is 9.98. The average Bonchev–Trinajstić information content (AvgIpc) is 2.30. The standard InChI is InChI=1S/C13H22N2O/c1-3-5-11(6-4-2)13(16)15-12-7-9-14-10-8-12/h3-4,11-12,14H,1-2,5-10H2,(H,15,16). The minimum Gasteiger partial charge on any atom is -0.353 e. The Hall–Kier alpha value is -1.09. The van der Waals surface area contributed by atoms with Crippen molar-refractivity contribution in [2.45, 2.75) is 31.7 Å². The predicted molar refractivity (Wildman–Crippen MR) is 67.2 cm³/mol. The molecule has 2 N–H and O–H groups in total. The van der Waals surface area contributed by atoms with Crippen molar-refractivity contribution in [1.29, 1.82) is 0 Å². The molecule has 1 amide bonds. The summed E-state index contributed by atoms with van der Waals surface area (Å²) in [5, 5.41) is 6.40. The lowest BCUT2D eigenvalue weighted by molar-refractivity contribution is -0.125. The van der Waals surface area contributed by atoms with Crippen molar-refractivity contribution in [3.8, 4) is 0 Å². The Morgan fingerprint density at radius 3 is 2.38 bits per heavy atom. The van der Waals surface area contributed by atoms with E-state index in [1.54, 1.807) is 12.2 Å². The molecule has 0 aliphatic carbocycles. The smallest absolute Gasteiger partial charge is 0.223 e. The molecule has 0 bridgehead atoms. The summed E-state index contributed by atoms with van der Waals surface area (Å²) in [5.74, 6) is 0.150. The van der Waals surface area contributed by atoms with E-state index in [1.807, 2.05) is 0 Å². The summed E-state index contributed by atoms with van der Waals surface area (Å²) >= 11 is 0. The van der Waals surface area contributed by atoms with Crippen molar-refractivity contribution in [2.75, 3.05) is 13.1 Å². The summed E-state index contributed by atoms with van der Waals surface area (Å²) in [6.45, 7) is 9.37. The summed E-state index contributed by atoms with van der Waals surface area (Å²) in [6, 6.07) is 0.339. The average molecular weight is 222 g/mol. The van der Waals surface area contributed by atoms with Gasteiger partial charge in [0.25, 0.3) is 0 Å². The Bertz CT molecular complexity index is 234. The van der Waals surface area contributed by atoms with E-state index in [1.165, 1.54) is 0 Å². The molecule has 1 saturated heterocycles. The third-order valence-corrected chi connectivity index (χ3v) is 2.96. The van der Waals surface area contributed by atoms with E-state index in [0.29, 0.717) is 6.04 Å². The van der Waals surface area contributed by atoms with Crippen LogP contribution in [0.4, 0.5) is 0 Å². The zero-order valence-corrected chi connectivity index (χ0v) is 9.87. The van der Waals surface area contributed by atoms with Gasteiger partial charge >= 0.3 is 0 Å². The molecule has 0 aromatic carbocycles. The normalized spacial score (nSPS) is 17.1. The molecule has 1 aliphatic rings. The number of hydrogen-bond donors (Lipinski definition) is 2. The molecular formula is C13H22N2O. The molecule has 1 fully saturated rings. The second kappa shape index (κ2) is 7.23. The van der Waals surface area contributed by atoms with Crippen molar-refractivity contribution in [1.82, 2.24) is 10.6 Å². The first kappa shape index (κ1) is 13.0. The lowest BCUT2D eigenvalue weighted by Crippen LogP contribution is -2.44. The minimum absolute atomic E-state index is 0.00452. The van der Waals surface area contributed by atoms with E-state index < -0.39 is 0 Å². The van der Waals surface area contributed by atoms with Crippen LogP contribution in [0.1, 0.15) is 25.7 Å². The first-order valence-corrected chi connectivity index (χ1v) is 6.00. The van der Waals surface area contributed by atoms with Gasteiger partial charge in [0.1, 0.15) is 0 Å². The molecule has 3 nitrogen and oxygen atoms in total. The van der Waals surface area contributed by atoms with Gasteiger partial charge in [0.15, 0.2) is 0 Å². The van der Waals surface area contributed by atoms with Gasteiger partial charge in [-0.1, -0.05) is 12.2 Å². The van der Waals surface area contributed by atoms with Gasteiger partial charge in [0.2, 0.25) is 5.91 Å². The minimum atomic E-state index is 0.00452. The predicted octanol–water partition coefficient (Wildman–Crippen LogP) is 1.62. The number of rotatable bonds is 6. The SMILES string of the molecule is C=CCC(CC=C)C(=O)NC1CCNCC1. The number of hydrogen-bond acceptors (Lipinski definition) is 2. The number of amides is 1. The molecule has 0 radical (unpaired) electrons. The highest BCUT2D eigenvalue weighted by Crippen LogP contribution is 2.12. The molecular weight excluding hydrogens is 200 g/mol. The van der Waals surface area contributed by atoms with Gasteiger partial charge in [-0.25, -0.2) is 0 Å². The van der Waals surface area contributed by atoms with Gasteiger partial charge in [-0.15, -0.1) is 13.2 Å². The summed E-state index contributed by atoms with van der Waals surface area (Å²) in [4.78, 5) is 12.0. The molecule has 0 aromatic rings. The van der Waals surface area contributed by atoms with Crippen LogP contribution in [0.2, 0.25) is 0 Å². The van der Waals surface area contributed by atoms with Gasteiger partial charge in [-0.3, -0.25) is 4.79 Å². The zero-order chi connectivity index (χ0) is 11.8. The molecule has 0 saturated carbocycles. The second-order valence-corrected chi connectivity index (χ2v) is 4.28. The van der Waals surface area contributed by atoms with Crippen molar-refractivity contribution in [3.05, 3.63) is 25.3 Å². The molecule has 0 unspecified atom stereocenters. The van der Waals surface area contributed by atoms with Crippen LogP contribution < -0.4 is 10.6 Å². The summed E-state index contributed by atoms with van der Waals surface area (Å²) < 4.78 is 0. The molecule has 1 rings (SSSR count). The molecule has 90 valence electrons. The highest BCUT2D eigenvalue weighted by Gasteiger charge is 2.20. The van der Waals surface area contributed by atoms with Crippen LogP contribution >= 0.6 is 0 Å². The lowest BCUT2D eigenvalue weighted by Gasteiger charge is -2.25. The quantitative estimate of drug-likeness (QED) is 0.671. The van der Waals surface area contributed by atoms with Crippen LogP contribution in [0.15, 0.2) is 25.3 Å². The fraction of sp³-hybridized carbons (Fsp3) is 0.615. The Labute approximate surface area is 98.0 Å². The van der Waals surface area contributed by atoms with Gasteiger partial charge in [-0.2, -0.15) is 0 Å². The number of nitrogens with one attached hydrogen (secondary N) is 2. The van der Waals surface area contributed by atoms with Crippen LogP contribution in [0, 0.1) is 5.92 Å². The maximum atomic E-state index is 12.0. The van der Waals surface area contributed by atoms with Crippen LogP contribution in [0.3, 0.4) is 0 Å². The fourth-order valence-corrected chi connectivity index (χ4v) is 2.00. The molecule has 3 heteroatoms.